The molecule has 0 aliphatic rings. The van der Waals surface area contributed by atoms with Gasteiger partial charge in [0.1, 0.15) is 0 Å². The Morgan fingerprint density at radius 1 is 0.714 bits per heavy atom. The summed E-state index contributed by atoms with van der Waals surface area (Å²) in [5.41, 5.74) is 10.3. The number of rotatable bonds is 3. The van der Waals surface area contributed by atoms with Crippen molar-refractivity contribution in [3.8, 4) is 28.2 Å². The van der Waals surface area contributed by atoms with Crippen molar-refractivity contribution in [2.75, 3.05) is 0 Å². The average Bonchev–Trinajstić information content (AvgIpc) is 3.06. The summed E-state index contributed by atoms with van der Waals surface area (Å²) < 4.78 is 2.00. The van der Waals surface area contributed by atoms with Gasteiger partial charge >= 0.3 is 0 Å². The van der Waals surface area contributed by atoms with E-state index in [2.05, 4.69) is 70.2 Å². The number of benzene rings is 3. The largest absolute Gasteiger partial charge is 0.232 e. The van der Waals surface area contributed by atoms with E-state index in [0.717, 1.165) is 22.6 Å². The van der Waals surface area contributed by atoms with Gasteiger partial charge in [-0.25, -0.2) is 4.68 Å². The van der Waals surface area contributed by atoms with E-state index in [1.54, 1.807) is 0 Å². The molecule has 0 amide bonds. The molecule has 0 spiro atoms. The third-order valence-electron chi connectivity index (χ3n) is 5.08. The van der Waals surface area contributed by atoms with Crippen molar-refractivity contribution in [3.63, 3.8) is 0 Å². The molecule has 0 fully saturated rings. The fourth-order valence-corrected chi connectivity index (χ4v) is 3.90. The summed E-state index contributed by atoms with van der Waals surface area (Å²) in [7, 11) is 0. The van der Waals surface area contributed by atoms with E-state index in [0.29, 0.717) is 5.02 Å². The number of hydrogen-bond acceptors (Lipinski definition) is 1. The molecule has 4 rings (SSSR count). The lowest BCUT2D eigenvalue weighted by atomic mass is 10.00. The molecule has 1 heterocycles. The molecule has 0 N–H and O–H groups in total. The molecule has 0 aliphatic heterocycles. The summed E-state index contributed by atoms with van der Waals surface area (Å²) >= 11 is 6.27. The maximum Gasteiger partial charge on any atom is 0.0936 e. The molecule has 0 saturated carbocycles. The van der Waals surface area contributed by atoms with Gasteiger partial charge in [-0.3, -0.25) is 0 Å². The maximum absolute atomic E-state index is 6.27. The highest BCUT2D eigenvalue weighted by Crippen LogP contribution is 2.33. The van der Waals surface area contributed by atoms with Gasteiger partial charge in [0.15, 0.2) is 0 Å². The fourth-order valence-electron chi connectivity index (χ4n) is 3.71. The van der Waals surface area contributed by atoms with Gasteiger partial charge in [0, 0.05) is 16.1 Å². The lowest BCUT2D eigenvalue weighted by Crippen LogP contribution is -2.00. The summed E-state index contributed by atoms with van der Waals surface area (Å²) in [5.74, 6) is 0. The Balaban J connectivity index is 1.96. The van der Waals surface area contributed by atoms with Crippen molar-refractivity contribution in [2.24, 2.45) is 0 Å². The minimum atomic E-state index is 0.702. The van der Waals surface area contributed by atoms with Gasteiger partial charge in [0.25, 0.3) is 0 Å². The number of aromatic nitrogens is 2. The molecule has 28 heavy (non-hydrogen) atoms. The quantitative estimate of drug-likeness (QED) is 0.367. The van der Waals surface area contributed by atoms with Crippen LogP contribution in [0.4, 0.5) is 0 Å². The van der Waals surface area contributed by atoms with E-state index in [1.807, 2.05) is 28.9 Å². The smallest absolute Gasteiger partial charge is 0.0936 e. The van der Waals surface area contributed by atoms with Gasteiger partial charge in [-0.05, 0) is 63.1 Å². The minimum Gasteiger partial charge on any atom is -0.232 e. The molecule has 0 saturated heterocycles. The van der Waals surface area contributed by atoms with Crippen LogP contribution in [0.25, 0.3) is 28.2 Å². The third-order valence-corrected chi connectivity index (χ3v) is 5.31. The highest BCUT2D eigenvalue weighted by molar-refractivity contribution is 6.30. The second-order valence-corrected chi connectivity index (χ2v) is 7.88. The molecule has 2 nitrogen and oxygen atoms in total. The van der Waals surface area contributed by atoms with Crippen molar-refractivity contribution >= 4 is 11.6 Å². The van der Waals surface area contributed by atoms with E-state index in [4.69, 9.17) is 16.7 Å². The first-order valence-electron chi connectivity index (χ1n) is 9.43. The molecule has 0 bridgehead atoms. The zero-order valence-electron chi connectivity index (χ0n) is 16.6. The summed E-state index contributed by atoms with van der Waals surface area (Å²) in [5, 5.41) is 5.68. The van der Waals surface area contributed by atoms with Gasteiger partial charge in [0.05, 0.1) is 17.1 Å². The number of halogens is 1. The Bertz CT molecular complexity index is 1170. The Labute approximate surface area is 171 Å². The SMILES string of the molecule is Cc1ccc(-c2cc(-c3ccc(C)cc3C)n(-c3cccc(Cl)c3)n2)c(C)c1. The Morgan fingerprint density at radius 3 is 1.96 bits per heavy atom. The van der Waals surface area contributed by atoms with Crippen molar-refractivity contribution in [1.82, 2.24) is 9.78 Å². The molecule has 140 valence electrons. The van der Waals surface area contributed by atoms with Crippen molar-refractivity contribution in [2.45, 2.75) is 27.7 Å². The predicted octanol–water partition coefficient (Wildman–Crippen LogP) is 7.09. The second kappa shape index (κ2) is 7.29. The molecule has 4 aromatic rings. The van der Waals surface area contributed by atoms with Gasteiger partial charge in [-0.1, -0.05) is 65.2 Å². The molecule has 0 aliphatic carbocycles. The summed E-state index contributed by atoms with van der Waals surface area (Å²) in [6.45, 7) is 8.51. The van der Waals surface area contributed by atoms with Crippen LogP contribution in [0.2, 0.25) is 5.02 Å². The first kappa shape index (κ1) is 18.5. The van der Waals surface area contributed by atoms with E-state index >= 15 is 0 Å². The lowest BCUT2D eigenvalue weighted by Gasteiger charge is -2.11. The molecule has 1 aromatic heterocycles. The van der Waals surface area contributed by atoms with Crippen LogP contribution in [0.1, 0.15) is 22.3 Å². The van der Waals surface area contributed by atoms with Crippen LogP contribution in [0.5, 0.6) is 0 Å². The molecule has 0 unspecified atom stereocenters. The van der Waals surface area contributed by atoms with Gasteiger partial charge in [-0.2, -0.15) is 5.10 Å². The Kier molecular flexibility index (Phi) is 4.82. The molecular weight excluding hydrogens is 364 g/mol. The summed E-state index contributed by atoms with van der Waals surface area (Å²) in [6, 6.07) is 23.0. The lowest BCUT2D eigenvalue weighted by molar-refractivity contribution is 0.890. The number of hydrogen-bond donors (Lipinski definition) is 0. The van der Waals surface area contributed by atoms with Crippen LogP contribution in [0, 0.1) is 27.7 Å². The number of nitrogens with zero attached hydrogens (tertiary/aromatic N) is 2. The van der Waals surface area contributed by atoms with E-state index < -0.39 is 0 Å². The minimum absolute atomic E-state index is 0.702. The zero-order valence-corrected chi connectivity index (χ0v) is 17.4. The highest BCUT2D eigenvalue weighted by atomic mass is 35.5. The van der Waals surface area contributed by atoms with Gasteiger partial charge in [0.2, 0.25) is 0 Å². The predicted molar refractivity (Wildman–Crippen MR) is 118 cm³/mol. The van der Waals surface area contributed by atoms with Crippen LogP contribution in [-0.4, -0.2) is 9.78 Å². The van der Waals surface area contributed by atoms with Crippen molar-refractivity contribution in [1.29, 1.82) is 0 Å². The first-order valence-corrected chi connectivity index (χ1v) is 9.81. The molecule has 3 heteroatoms. The Morgan fingerprint density at radius 2 is 1.36 bits per heavy atom. The van der Waals surface area contributed by atoms with Gasteiger partial charge in [-0.15, -0.1) is 0 Å². The highest BCUT2D eigenvalue weighted by Gasteiger charge is 2.16. The van der Waals surface area contributed by atoms with Crippen molar-refractivity contribution < 1.29 is 0 Å². The van der Waals surface area contributed by atoms with E-state index in [-0.39, 0.29) is 0 Å². The maximum atomic E-state index is 6.27. The first-order chi connectivity index (χ1) is 13.4. The standard InChI is InChI=1S/C25H23ClN2/c1-16-8-10-22(18(3)12-16)24-15-25(23-11-9-17(2)13-19(23)4)28(27-24)21-7-5-6-20(26)14-21/h5-15H,1-4H3. The molecule has 0 atom stereocenters. The second-order valence-electron chi connectivity index (χ2n) is 7.44. The monoisotopic (exact) mass is 386 g/mol. The van der Waals surface area contributed by atoms with Crippen molar-refractivity contribution in [3.05, 3.63) is 94.0 Å². The molecule has 0 radical (unpaired) electrons. The van der Waals surface area contributed by atoms with E-state index in [9.17, 15) is 0 Å². The van der Waals surface area contributed by atoms with Crippen LogP contribution in [-0.2, 0) is 0 Å². The van der Waals surface area contributed by atoms with E-state index in [1.165, 1.54) is 27.8 Å². The molecular formula is C25H23ClN2. The fraction of sp³-hybridized carbons (Fsp3) is 0.160. The third kappa shape index (κ3) is 3.48. The Hall–Kier alpha value is -2.84. The zero-order chi connectivity index (χ0) is 19.8. The number of aryl methyl sites for hydroxylation is 4. The average molecular weight is 387 g/mol. The van der Waals surface area contributed by atoms with Gasteiger partial charge < -0.3 is 0 Å². The summed E-state index contributed by atoms with van der Waals surface area (Å²) in [6.07, 6.45) is 0. The summed E-state index contributed by atoms with van der Waals surface area (Å²) in [4.78, 5) is 0. The normalized spacial score (nSPS) is 11.0. The van der Waals surface area contributed by atoms with Crippen LogP contribution < -0.4 is 0 Å². The van der Waals surface area contributed by atoms with Crippen LogP contribution in [0.15, 0.2) is 66.7 Å². The molecule has 3 aromatic carbocycles. The topological polar surface area (TPSA) is 17.8 Å². The van der Waals surface area contributed by atoms with Crippen LogP contribution in [0.3, 0.4) is 0 Å². The van der Waals surface area contributed by atoms with Crippen LogP contribution >= 0.6 is 11.6 Å².